The topological polar surface area (TPSA) is 111 Å². The number of amides is 2. The second-order valence-electron chi connectivity index (χ2n) is 8.00. The molecule has 34 heavy (non-hydrogen) atoms. The SMILES string of the molecule is CCCCCOC(=O)c1ccc(NC(=O)CCC(=O)OCC(=O)Nc2cc(C)ccc2C)cc1. The van der Waals surface area contributed by atoms with Crippen molar-refractivity contribution in [1.82, 2.24) is 0 Å². The third kappa shape index (κ3) is 9.44. The highest BCUT2D eigenvalue weighted by Gasteiger charge is 2.12. The lowest BCUT2D eigenvalue weighted by atomic mass is 10.1. The summed E-state index contributed by atoms with van der Waals surface area (Å²) in [5.41, 5.74) is 3.46. The molecule has 8 nitrogen and oxygen atoms in total. The van der Waals surface area contributed by atoms with Gasteiger partial charge in [0.25, 0.3) is 5.91 Å². The van der Waals surface area contributed by atoms with Gasteiger partial charge in [0.15, 0.2) is 6.61 Å². The van der Waals surface area contributed by atoms with E-state index in [0.717, 1.165) is 30.4 Å². The lowest BCUT2D eigenvalue weighted by molar-refractivity contribution is -0.147. The van der Waals surface area contributed by atoms with E-state index in [2.05, 4.69) is 17.6 Å². The molecule has 0 aliphatic heterocycles. The first-order valence-electron chi connectivity index (χ1n) is 11.4. The third-order valence-electron chi connectivity index (χ3n) is 4.97. The molecule has 2 rings (SSSR count). The van der Waals surface area contributed by atoms with Crippen molar-refractivity contribution in [3.05, 3.63) is 59.2 Å². The number of unbranched alkanes of at least 4 members (excludes halogenated alkanes) is 2. The molecule has 0 radical (unpaired) electrons. The molecule has 0 atom stereocenters. The van der Waals surface area contributed by atoms with Gasteiger partial charge in [0.05, 0.1) is 18.6 Å². The van der Waals surface area contributed by atoms with Crippen LogP contribution in [-0.4, -0.2) is 37.0 Å². The molecule has 0 unspecified atom stereocenters. The fraction of sp³-hybridized carbons (Fsp3) is 0.385. The summed E-state index contributed by atoms with van der Waals surface area (Å²) >= 11 is 0. The minimum absolute atomic E-state index is 0.0985. The van der Waals surface area contributed by atoms with Crippen LogP contribution in [0.5, 0.6) is 0 Å². The molecule has 0 fully saturated rings. The molecule has 2 aromatic rings. The lowest BCUT2D eigenvalue weighted by Gasteiger charge is -2.10. The number of anilines is 2. The normalized spacial score (nSPS) is 10.3. The van der Waals surface area contributed by atoms with Crippen molar-refractivity contribution in [2.45, 2.75) is 52.9 Å². The van der Waals surface area contributed by atoms with Gasteiger partial charge in [-0.05, 0) is 61.7 Å². The summed E-state index contributed by atoms with van der Waals surface area (Å²) in [5, 5.41) is 5.36. The largest absolute Gasteiger partial charge is 0.462 e. The number of esters is 2. The number of nitrogens with one attached hydrogen (secondary N) is 2. The minimum Gasteiger partial charge on any atom is -0.462 e. The number of hydrogen-bond donors (Lipinski definition) is 2. The van der Waals surface area contributed by atoms with E-state index < -0.39 is 24.5 Å². The summed E-state index contributed by atoms with van der Waals surface area (Å²) in [6.07, 6.45) is 2.62. The first-order valence-corrected chi connectivity index (χ1v) is 11.4. The fourth-order valence-electron chi connectivity index (χ4n) is 3.00. The summed E-state index contributed by atoms with van der Waals surface area (Å²) in [6.45, 7) is 5.81. The lowest BCUT2D eigenvalue weighted by Crippen LogP contribution is -2.22. The molecule has 182 valence electrons. The Kier molecular flexibility index (Phi) is 10.8. The molecule has 0 aromatic heterocycles. The van der Waals surface area contributed by atoms with E-state index in [1.165, 1.54) is 0 Å². The highest BCUT2D eigenvalue weighted by atomic mass is 16.5. The van der Waals surface area contributed by atoms with Crippen molar-refractivity contribution in [3.63, 3.8) is 0 Å². The van der Waals surface area contributed by atoms with Crippen LogP contribution in [0.15, 0.2) is 42.5 Å². The Morgan fingerprint density at radius 1 is 0.824 bits per heavy atom. The van der Waals surface area contributed by atoms with Crippen LogP contribution in [0.1, 0.15) is 60.5 Å². The maximum absolute atomic E-state index is 12.1. The van der Waals surface area contributed by atoms with Gasteiger partial charge in [-0.1, -0.05) is 31.9 Å². The van der Waals surface area contributed by atoms with Crippen molar-refractivity contribution >= 4 is 35.1 Å². The predicted octanol–water partition coefficient (Wildman–Crippen LogP) is 4.55. The molecule has 0 bridgehead atoms. The van der Waals surface area contributed by atoms with E-state index in [9.17, 15) is 19.2 Å². The molecule has 8 heteroatoms. The smallest absolute Gasteiger partial charge is 0.338 e. The number of ether oxygens (including phenoxy) is 2. The van der Waals surface area contributed by atoms with Gasteiger partial charge in [-0.3, -0.25) is 14.4 Å². The van der Waals surface area contributed by atoms with Gasteiger partial charge >= 0.3 is 11.9 Å². The van der Waals surface area contributed by atoms with Gasteiger partial charge in [-0.25, -0.2) is 4.79 Å². The highest BCUT2D eigenvalue weighted by Crippen LogP contribution is 2.16. The van der Waals surface area contributed by atoms with Crippen LogP contribution in [0.2, 0.25) is 0 Å². The van der Waals surface area contributed by atoms with Crippen LogP contribution >= 0.6 is 0 Å². The molecule has 0 aliphatic rings. The number of aryl methyl sites for hydroxylation is 2. The predicted molar refractivity (Wildman–Crippen MR) is 130 cm³/mol. The van der Waals surface area contributed by atoms with Crippen molar-refractivity contribution in [2.24, 2.45) is 0 Å². The number of hydrogen-bond acceptors (Lipinski definition) is 6. The van der Waals surface area contributed by atoms with Crippen LogP contribution in [0.4, 0.5) is 11.4 Å². The Morgan fingerprint density at radius 3 is 2.26 bits per heavy atom. The Morgan fingerprint density at radius 2 is 1.56 bits per heavy atom. The van der Waals surface area contributed by atoms with E-state index in [1.54, 1.807) is 24.3 Å². The number of carbonyl (C=O) groups is 4. The Bertz CT molecular complexity index is 1000. The van der Waals surface area contributed by atoms with Gasteiger partial charge in [0.2, 0.25) is 5.91 Å². The molecular formula is C26H32N2O6. The second kappa shape index (κ2) is 13.8. The van der Waals surface area contributed by atoms with Gasteiger partial charge in [-0.2, -0.15) is 0 Å². The average Bonchev–Trinajstić information content (AvgIpc) is 2.82. The van der Waals surface area contributed by atoms with Gasteiger partial charge in [-0.15, -0.1) is 0 Å². The summed E-state index contributed by atoms with van der Waals surface area (Å²) in [7, 11) is 0. The molecular weight excluding hydrogens is 436 g/mol. The van der Waals surface area contributed by atoms with Crippen LogP contribution in [0.25, 0.3) is 0 Å². The zero-order valence-corrected chi connectivity index (χ0v) is 19.9. The molecule has 0 aliphatic carbocycles. The van der Waals surface area contributed by atoms with Crippen molar-refractivity contribution in [2.75, 3.05) is 23.8 Å². The minimum atomic E-state index is -0.646. The summed E-state index contributed by atoms with van der Waals surface area (Å²) in [4.78, 5) is 48.0. The first-order chi connectivity index (χ1) is 16.3. The monoisotopic (exact) mass is 468 g/mol. The first kappa shape index (κ1) is 26.6. The summed E-state index contributed by atoms with van der Waals surface area (Å²) < 4.78 is 10.1. The zero-order chi connectivity index (χ0) is 24.9. The van der Waals surface area contributed by atoms with Gasteiger partial charge in [0.1, 0.15) is 0 Å². The van der Waals surface area contributed by atoms with E-state index >= 15 is 0 Å². The highest BCUT2D eigenvalue weighted by molar-refractivity contribution is 5.95. The van der Waals surface area contributed by atoms with Crippen LogP contribution < -0.4 is 10.6 Å². The number of carbonyl (C=O) groups excluding carboxylic acids is 4. The van der Waals surface area contributed by atoms with Gasteiger partial charge in [0, 0.05) is 17.8 Å². The van der Waals surface area contributed by atoms with Crippen molar-refractivity contribution < 1.29 is 28.7 Å². The van der Waals surface area contributed by atoms with Crippen LogP contribution in [0, 0.1) is 13.8 Å². The van der Waals surface area contributed by atoms with E-state index in [1.807, 2.05) is 32.0 Å². The second-order valence-corrected chi connectivity index (χ2v) is 8.00. The Hall–Kier alpha value is -3.68. The molecule has 0 spiro atoms. The van der Waals surface area contributed by atoms with Crippen molar-refractivity contribution in [3.8, 4) is 0 Å². The number of rotatable bonds is 12. The van der Waals surface area contributed by atoms with Crippen LogP contribution in [-0.2, 0) is 23.9 Å². The zero-order valence-electron chi connectivity index (χ0n) is 19.9. The number of benzene rings is 2. The standard InChI is InChI=1S/C26H32N2O6/c1-4-5-6-15-33-26(32)20-9-11-21(12-10-20)27-23(29)13-14-25(31)34-17-24(30)28-22-16-18(2)7-8-19(22)3/h7-12,16H,4-6,13-15,17H2,1-3H3,(H,27,29)(H,28,30). The Balaban J connectivity index is 1.69. The maximum atomic E-state index is 12.1. The molecule has 2 amide bonds. The molecule has 0 saturated carbocycles. The third-order valence-corrected chi connectivity index (χ3v) is 4.97. The van der Waals surface area contributed by atoms with E-state index in [4.69, 9.17) is 9.47 Å². The molecule has 0 saturated heterocycles. The Labute approximate surface area is 200 Å². The van der Waals surface area contributed by atoms with Gasteiger partial charge < -0.3 is 20.1 Å². The van der Waals surface area contributed by atoms with E-state index in [0.29, 0.717) is 23.5 Å². The maximum Gasteiger partial charge on any atom is 0.338 e. The molecule has 0 heterocycles. The quantitative estimate of drug-likeness (QED) is 0.349. The molecule has 2 aromatic carbocycles. The fourth-order valence-corrected chi connectivity index (χ4v) is 3.00. The van der Waals surface area contributed by atoms with Crippen LogP contribution in [0.3, 0.4) is 0 Å². The average molecular weight is 469 g/mol. The summed E-state index contributed by atoms with van der Waals surface area (Å²) in [5.74, 6) is -1.88. The summed E-state index contributed by atoms with van der Waals surface area (Å²) in [6, 6.07) is 12.0. The molecule has 2 N–H and O–H groups in total. The van der Waals surface area contributed by atoms with Crippen molar-refractivity contribution in [1.29, 1.82) is 0 Å². The van der Waals surface area contributed by atoms with E-state index in [-0.39, 0.29) is 18.7 Å².